The average molecular weight is 379 g/mol. The van der Waals surface area contributed by atoms with Crippen molar-refractivity contribution < 1.29 is 0 Å². The largest absolute Gasteiger partial charge is 0.353 e. The van der Waals surface area contributed by atoms with Gasteiger partial charge in [0.2, 0.25) is 0 Å². The Balaban J connectivity index is 0.00000180. The molecule has 1 saturated carbocycles. The standard InChI is InChI=1S/C15H29N3.HI/c1-5-16-15(17-14-9-12(14)4)18-7-6-13(10-18)8-11(2)3;/h11-14H,5-10H2,1-4H3,(H,16,17);1H. The molecule has 1 saturated heterocycles. The maximum absolute atomic E-state index is 4.67. The highest BCUT2D eigenvalue weighted by Gasteiger charge is 2.35. The zero-order chi connectivity index (χ0) is 13.1. The molecular weight excluding hydrogens is 349 g/mol. The van der Waals surface area contributed by atoms with Gasteiger partial charge in [-0.25, -0.2) is 0 Å². The highest BCUT2D eigenvalue weighted by molar-refractivity contribution is 14.0. The van der Waals surface area contributed by atoms with Gasteiger partial charge in [0, 0.05) is 25.7 Å². The van der Waals surface area contributed by atoms with E-state index in [9.17, 15) is 0 Å². The Hall–Kier alpha value is 0. The molecule has 112 valence electrons. The lowest BCUT2D eigenvalue weighted by Gasteiger charge is -2.22. The van der Waals surface area contributed by atoms with E-state index < -0.39 is 0 Å². The van der Waals surface area contributed by atoms with E-state index >= 15 is 0 Å². The fourth-order valence-corrected chi connectivity index (χ4v) is 2.96. The van der Waals surface area contributed by atoms with E-state index in [2.05, 4.69) is 42.9 Å². The maximum atomic E-state index is 4.67. The van der Waals surface area contributed by atoms with Crippen molar-refractivity contribution in [3.05, 3.63) is 0 Å². The molecule has 2 aliphatic rings. The number of likely N-dealkylation sites (tertiary alicyclic amines) is 1. The Bertz CT molecular complexity index is 304. The molecule has 0 aromatic heterocycles. The van der Waals surface area contributed by atoms with Gasteiger partial charge in [0.05, 0.1) is 0 Å². The topological polar surface area (TPSA) is 27.6 Å². The van der Waals surface area contributed by atoms with Gasteiger partial charge in [0.25, 0.3) is 0 Å². The molecule has 3 nitrogen and oxygen atoms in total. The molecular formula is C15H30IN3. The summed E-state index contributed by atoms with van der Waals surface area (Å²) in [4.78, 5) is 7.14. The fourth-order valence-electron chi connectivity index (χ4n) is 2.96. The highest BCUT2D eigenvalue weighted by Crippen LogP contribution is 2.30. The first kappa shape index (κ1) is 17.1. The van der Waals surface area contributed by atoms with Gasteiger partial charge in [-0.2, -0.15) is 0 Å². The van der Waals surface area contributed by atoms with Gasteiger partial charge >= 0.3 is 0 Å². The molecule has 19 heavy (non-hydrogen) atoms. The Morgan fingerprint density at radius 1 is 1.42 bits per heavy atom. The summed E-state index contributed by atoms with van der Waals surface area (Å²) < 4.78 is 0. The number of nitrogens with one attached hydrogen (secondary N) is 1. The Labute approximate surface area is 135 Å². The summed E-state index contributed by atoms with van der Waals surface area (Å²) in [5.74, 6) is 3.68. The molecule has 0 amide bonds. The first-order valence-corrected chi connectivity index (χ1v) is 7.66. The third-order valence-electron chi connectivity index (χ3n) is 4.12. The predicted molar refractivity (Wildman–Crippen MR) is 93.2 cm³/mol. The summed E-state index contributed by atoms with van der Waals surface area (Å²) >= 11 is 0. The third-order valence-corrected chi connectivity index (χ3v) is 4.12. The first-order chi connectivity index (χ1) is 8.60. The van der Waals surface area contributed by atoms with Crippen molar-refractivity contribution in [2.45, 2.75) is 53.0 Å². The lowest BCUT2D eigenvalue weighted by atomic mass is 9.97. The summed E-state index contributed by atoms with van der Waals surface area (Å²) in [6.07, 6.45) is 4.00. The SMILES string of the molecule is CCN=C(NC1CC1C)N1CCC(CC(C)C)C1.I. The monoisotopic (exact) mass is 379 g/mol. The highest BCUT2D eigenvalue weighted by atomic mass is 127. The van der Waals surface area contributed by atoms with Crippen LogP contribution >= 0.6 is 24.0 Å². The minimum absolute atomic E-state index is 0. The van der Waals surface area contributed by atoms with Crippen LogP contribution in [0.1, 0.15) is 47.0 Å². The number of hydrogen-bond donors (Lipinski definition) is 1. The second kappa shape index (κ2) is 7.70. The van der Waals surface area contributed by atoms with Gasteiger partial charge in [0.1, 0.15) is 0 Å². The zero-order valence-corrected chi connectivity index (χ0v) is 15.2. The Morgan fingerprint density at radius 2 is 2.11 bits per heavy atom. The number of nitrogens with zero attached hydrogens (tertiary/aromatic N) is 2. The van der Waals surface area contributed by atoms with Gasteiger partial charge in [-0.1, -0.05) is 20.8 Å². The number of aliphatic imine (C=N–C) groups is 1. The molecule has 2 rings (SSSR count). The van der Waals surface area contributed by atoms with Crippen LogP contribution in [0.2, 0.25) is 0 Å². The van der Waals surface area contributed by atoms with Crippen LogP contribution in [0.15, 0.2) is 4.99 Å². The summed E-state index contributed by atoms with van der Waals surface area (Å²) in [7, 11) is 0. The van der Waals surface area contributed by atoms with E-state index in [1.807, 2.05) is 0 Å². The number of guanidine groups is 1. The molecule has 0 aromatic carbocycles. The van der Waals surface area contributed by atoms with Gasteiger partial charge in [0.15, 0.2) is 5.96 Å². The normalized spacial score (nSPS) is 30.5. The van der Waals surface area contributed by atoms with Crippen molar-refractivity contribution in [2.75, 3.05) is 19.6 Å². The van der Waals surface area contributed by atoms with Crippen LogP contribution in [0, 0.1) is 17.8 Å². The van der Waals surface area contributed by atoms with Crippen LogP contribution in [0.4, 0.5) is 0 Å². The lowest BCUT2D eigenvalue weighted by Crippen LogP contribution is -2.41. The van der Waals surface area contributed by atoms with Gasteiger partial charge < -0.3 is 10.2 Å². The van der Waals surface area contributed by atoms with Crippen LogP contribution in [-0.2, 0) is 0 Å². The number of rotatable bonds is 4. The van der Waals surface area contributed by atoms with E-state index in [0.29, 0.717) is 6.04 Å². The van der Waals surface area contributed by atoms with Crippen LogP contribution < -0.4 is 5.32 Å². The second-order valence-electron chi connectivity index (χ2n) is 6.49. The van der Waals surface area contributed by atoms with Crippen molar-refractivity contribution in [3.8, 4) is 0 Å². The van der Waals surface area contributed by atoms with Crippen molar-refractivity contribution in [1.29, 1.82) is 0 Å². The summed E-state index contributed by atoms with van der Waals surface area (Å²) in [6, 6.07) is 0.680. The Morgan fingerprint density at radius 3 is 2.63 bits per heavy atom. The molecule has 1 heterocycles. The molecule has 0 bridgehead atoms. The van der Waals surface area contributed by atoms with E-state index in [-0.39, 0.29) is 24.0 Å². The predicted octanol–water partition coefficient (Wildman–Crippen LogP) is 3.35. The Kier molecular flexibility index (Phi) is 6.91. The molecule has 3 unspecified atom stereocenters. The molecule has 0 aromatic rings. The fraction of sp³-hybridized carbons (Fsp3) is 0.933. The minimum atomic E-state index is 0. The average Bonchev–Trinajstić information content (AvgIpc) is 2.80. The van der Waals surface area contributed by atoms with Gasteiger partial charge in [-0.05, 0) is 43.9 Å². The first-order valence-electron chi connectivity index (χ1n) is 7.66. The number of hydrogen-bond acceptors (Lipinski definition) is 1. The number of halogens is 1. The molecule has 1 aliphatic carbocycles. The lowest BCUT2D eigenvalue weighted by molar-refractivity contribution is 0.402. The van der Waals surface area contributed by atoms with E-state index in [1.54, 1.807) is 0 Å². The van der Waals surface area contributed by atoms with E-state index in [4.69, 9.17) is 0 Å². The van der Waals surface area contributed by atoms with Crippen LogP contribution in [0.3, 0.4) is 0 Å². The quantitative estimate of drug-likeness (QED) is 0.461. The van der Waals surface area contributed by atoms with E-state index in [0.717, 1.165) is 30.3 Å². The third kappa shape index (κ3) is 5.12. The zero-order valence-electron chi connectivity index (χ0n) is 12.9. The summed E-state index contributed by atoms with van der Waals surface area (Å²) in [6.45, 7) is 12.4. The van der Waals surface area contributed by atoms with Crippen molar-refractivity contribution in [3.63, 3.8) is 0 Å². The van der Waals surface area contributed by atoms with Crippen molar-refractivity contribution in [2.24, 2.45) is 22.7 Å². The molecule has 1 aliphatic heterocycles. The summed E-state index contributed by atoms with van der Waals surface area (Å²) in [5.41, 5.74) is 0. The van der Waals surface area contributed by atoms with Crippen LogP contribution in [-0.4, -0.2) is 36.5 Å². The van der Waals surface area contributed by atoms with Gasteiger partial charge in [-0.15, -0.1) is 24.0 Å². The molecule has 0 spiro atoms. The molecule has 0 radical (unpaired) electrons. The molecule has 3 atom stereocenters. The van der Waals surface area contributed by atoms with Gasteiger partial charge in [-0.3, -0.25) is 4.99 Å². The summed E-state index contributed by atoms with van der Waals surface area (Å²) in [5, 5.41) is 3.63. The molecule has 2 fully saturated rings. The van der Waals surface area contributed by atoms with Crippen LogP contribution in [0.5, 0.6) is 0 Å². The van der Waals surface area contributed by atoms with E-state index in [1.165, 1.54) is 32.4 Å². The minimum Gasteiger partial charge on any atom is -0.353 e. The molecule has 1 N–H and O–H groups in total. The molecule has 4 heteroatoms. The second-order valence-corrected chi connectivity index (χ2v) is 6.49. The smallest absolute Gasteiger partial charge is 0.194 e. The van der Waals surface area contributed by atoms with Crippen molar-refractivity contribution >= 4 is 29.9 Å². The maximum Gasteiger partial charge on any atom is 0.194 e. The van der Waals surface area contributed by atoms with Crippen molar-refractivity contribution in [1.82, 2.24) is 10.2 Å². The van der Waals surface area contributed by atoms with Crippen LogP contribution in [0.25, 0.3) is 0 Å².